The molecule has 1 fully saturated rings. The molecule has 40 heavy (non-hydrogen) atoms. The average Bonchev–Trinajstić information content (AvgIpc) is 2.93. The first-order valence-corrected chi connectivity index (χ1v) is 12.6. The largest absolute Gasteiger partial charge is 0.495 e. The van der Waals surface area contributed by atoms with Crippen molar-refractivity contribution in [1.82, 2.24) is 4.90 Å². The second-order valence-electron chi connectivity index (χ2n) is 9.42. The molecule has 3 aromatic carbocycles. The Morgan fingerprint density at radius 2 is 1.30 bits per heavy atom. The standard InChI is InChI=1S/C28H26ClF6NO4/c1-38-21-5-4-14(10-18(21)29)13-36-8-6-15(7-9-36)28(37,16-11-19(30)26(39-2)24(34)22(16)32)17-12-20(31)27(40-3)25(35)23(17)33/h4-5,10-12,15,37H,6-9,13H2,1-3H3. The number of likely N-dealkylation sites (tertiary alicyclic amines) is 1. The summed E-state index contributed by atoms with van der Waals surface area (Å²) in [6.45, 7) is 0.958. The first-order valence-electron chi connectivity index (χ1n) is 12.2. The third kappa shape index (κ3) is 5.17. The van der Waals surface area contributed by atoms with E-state index in [1.54, 1.807) is 12.1 Å². The van der Waals surface area contributed by atoms with Gasteiger partial charge in [0.05, 0.1) is 26.4 Å². The molecule has 1 heterocycles. The number of ether oxygens (including phenoxy) is 3. The number of hydrogen-bond acceptors (Lipinski definition) is 5. The molecule has 3 aromatic rings. The lowest BCUT2D eigenvalue weighted by Crippen LogP contribution is -2.45. The zero-order valence-electron chi connectivity index (χ0n) is 21.8. The van der Waals surface area contributed by atoms with E-state index in [-0.39, 0.29) is 25.9 Å². The molecule has 0 aliphatic carbocycles. The van der Waals surface area contributed by atoms with Crippen LogP contribution in [0.2, 0.25) is 5.02 Å². The van der Waals surface area contributed by atoms with Crippen LogP contribution in [0.15, 0.2) is 30.3 Å². The van der Waals surface area contributed by atoms with Crippen LogP contribution in [0.4, 0.5) is 26.3 Å². The van der Waals surface area contributed by atoms with E-state index < -0.39 is 69.0 Å². The van der Waals surface area contributed by atoms with Gasteiger partial charge in [-0.25, -0.2) is 17.6 Å². The van der Waals surface area contributed by atoms with Gasteiger partial charge in [0, 0.05) is 17.7 Å². The van der Waals surface area contributed by atoms with Crippen molar-refractivity contribution < 1.29 is 45.7 Å². The van der Waals surface area contributed by atoms with E-state index in [9.17, 15) is 22.7 Å². The minimum Gasteiger partial charge on any atom is -0.495 e. The number of piperidine rings is 1. The van der Waals surface area contributed by atoms with Crippen molar-refractivity contribution >= 4 is 11.6 Å². The number of benzene rings is 3. The molecule has 216 valence electrons. The van der Waals surface area contributed by atoms with Gasteiger partial charge in [0.2, 0.25) is 11.6 Å². The van der Waals surface area contributed by atoms with Crippen molar-refractivity contribution in [3.8, 4) is 17.2 Å². The van der Waals surface area contributed by atoms with Gasteiger partial charge >= 0.3 is 0 Å². The fourth-order valence-corrected chi connectivity index (χ4v) is 5.53. The number of aliphatic hydroxyl groups is 1. The lowest BCUT2D eigenvalue weighted by molar-refractivity contribution is -0.0218. The Morgan fingerprint density at radius 3 is 1.73 bits per heavy atom. The molecule has 1 N–H and O–H groups in total. The minimum atomic E-state index is -2.87. The summed E-state index contributed by atoms with van der Waals surface area (Å²) in [5.74, 6) is -12.6. The van der Waals surface area contributed by atoms with Crippen LogP contribution in [0.3, 0.4) is 0 Å². The Morgan fingerprint density at radius 1 is 0.800 bits per heavy atom. The quantitative estimate of drug-likeness (QED) is 0.245. The van der Waals surface area contributed by atoms with Gasteiger partial charge in [-0.1, -0.05) is 17.7 Å². The molecule has 0 saturated carbocycles. The Labute approximate surface area is 231 Å². The van der Waals surface area contributed by atoms with E-state index in [1.807, 2.05) is 11.0 Å². The first-order chi connectivity index (χ1) is 19.0. The van der Waals surface area contributed by atoms with Crippen LogP contribution in [0.1, 0.15) is 29.5 Å². The molecule has 5 nitrogen and oxygen atoms in total. The van der Waals surface area contributed by atoms with Crippen molar-refractivity contribution in [2.45, 2.75) is 25.0 Å². The maximum Gasteiger partial charge on any atom is 0.204 e. The Bertz CT molecular complexity index is 1350. The molecule has 0 atom stereocenters. The van der Waals surface area contributed by atoms with Crippen LogP contribution in [-0.2, 0) is 12.1 Å². The molecule has 1 aliphatic rings. The van der Waals surface area contributed by atoms with Crippen molar-refractivity contribution in [2.24, 2.45) is 5.92 Å². The van der Waals surface area contributed by atoms with Crippen LogP contribution in [0.5, 0.6) is 17.2 Å². The average molecular weight is 590 g/mol. The highest BCUT2D eigenvalue weighted by atomic mass is 35.5. The van der Waals surface area contributed by atoms with E-state index in [2.05, 4.69) is 9.47 Å². The fraction of sp³-hybridized carbons (Fsp3) is 0.357. The second kappa shape index (κ2) is 11.8. The summed E-state index contributed by atoms with van der Waals surface area (Å²) in [6, 6.07) is 6.13. The number of hydrogen-bond donors (Lipinski definition) is 1. The van der Waals surface area contributed by atoms with Gasteiger partial charge in [0.15, 0.2) is 34.8 Å². The number of halogens is 7. The Balaban J connectivity index is 1.75. The van der Waals surface area contributed by atoms with Crippen LogP contribution in [-0.4, -0.2) is 44.4 Å². The monoisotopic (exact) mass is 589 g/mol. The number of methoxy groups -OCH3 is 3. The zero-order valence-corrected chi connectivity index (χ0v) is 22.5. The predicted octanol–water partition coefficient (Wildman–Crippen LogP) is 6.35. The van der Waals surface area contributed by atoms with Gasteiger partial charge in [-0.3, -0.25) is 4.90 Å². The maximum atomic E-state index is 15.4. The normalized spacial score (nSPS) is 14.9. The zero-order chi connectivity index (χ0) is 29.4. The minimum absolute atomic E-state index is 0.0454. The highest BCUT2D eigenvalue weighted by Crippen LogP contribution is 2.47. The second-order valence-corrected chi connectivity index (χ2v) is 9.83. The molecule has 0 amide bonds. The van der Waals surface area contributed by atoms with E-state index in [4.69, 9.17) is 16.3 Å². The van der Waals surface area contributed by atoms with E-state index in [1.165, 1.54) is 7.11 Å². The highest BCUT2D eigenvalue weighted by molar-refractivity contribution is 6.32. The Hall–Kier alpha value is -3.15. The van der Waals surface area contributed by atoms with E-state index >= 15 is 8.78 Å². The van der Waals surface area contributed by atoms with Gasteiger partial charge in [0.1, 0.15) is 11.4 Å². The lowest BCUT2D eigenvalue weighted by atomic mass is 9.71. The summed E-state index contributed by atoms with van der Waals surface area (Å²) in [4.78, 5) is 1.96. The lowest BCUT2D eigenvalue weighted by Gasteiger charge is -2.42. The number of nitrogens with zero attached hydrogens (tertiary/aromatic N) is 1. The van der Waals surface area contributed by atoms with Crippen LogP contribution < -0.4 is 14.2 Å². The first kappa shape index (κ1) is 29.8. The summed E-state index contributed by atoms with van der Waals surface area (Å²) >= 11 is 6.20. The SMILES string of the molecule is COc1ccc(CN2CCC(C(O)(c3cc(F)c(OC)c(F)c3F)c3cc(F)c(OC)c(F)c3F)CC2)cc1Cl. The van der Waals surface area contributed by atoms with Crippen LogP contribution >= 0.6 is 11.6 Å². The van der Waals surface area contributed by atoms with Crippen molar-refractivity contribution in [2.75, 3.05) is 34.4 Å². The van der Waals surface area contributed by atoms with Gasteiger partial charge in [0.25, 0.3) is 0 Å². The fourth-order valence-electron chi connectivity index (χ4n) is 5.25. The van der Waals surface area contributed by atoms with Crippen molar-refractivity contribution in [3.05, 3.63) is 86.9 Å². The topological polar surface area (TPSA) is 51.2 Å². The molecule has 0 spiro atoms. The molecular weight excluding hydrogens is 564 g/mol. The van der Waals surface area contributed by atoms with Gasteiger partial charge < -0.3 is 19.3 Å². The van der Waals surface area contributed by atoms with Crippen LogP contribution in [0, 0.1) is 40.8 Å². The molecule has 0 aromatic heterocycles. The third-order valence-corrected chi connectivity index (χ3v) is 7.56. The van der Waals surface area contributed by atoms with Crippen molar-refractivity contribution in [1.29, 1.82) is 0 Å². The summed E-state index contributed by atoms with van der Waals surface area (Å²) < 4.78 is 104. The Kier molecular flexibility index (Phi) is 8.77. The molecule has 0 unspecified atom stereocenters. The number of rotatable bonds is 8. The molecule has 1 saturated heterocycles. The maximum absolute atomic E-state index is 15.4. The van der Waals surface area contributed by atoms with Gasteiger partial charge in [-0.2, -0.15) is 8.78 Å². The van der Waals surface area contributed by atoms with Gasteiger partial charge in [-0.05, 0) is 61.7 Å². The highest BCUT2D eigenvalue weighted by Gasteiger charge is 2.48. The molecule has 0 bridgehead atoms. The molecule has 12 heteroatoms. The summed E-state index contributed by atoms with van der Waals surface area (Å²) in [6.07, 6.45) is 0.0909. The van der Waals surface area contributed by atoms with Gasteiger partial charge in [-0.15, -0.1) is 0 Å². The van der Waals surface area contributed by atoms with Crippen LogP contribution in [0.25, 0.3) is 0 Å². The summed E-state index contributed by atoms with van der Waals surface area (Å²) in [5.41, 5.74) is -4.07. The van der Waals surface area contributed by atoms with E-state index in [0.29, 0.717) is 29.4 Å². The molecule has 4 rings (SSSR count). The molecule has 1 aliphatic heterocycles. The predicted molar refractivity (Wildman–Crippen MR) is 135 cm³/mol. The molecule has 0 radical (unpaired) electrons. The third-order valence-electron chi connectivity index (χ3n) is 7.26. The smallest absolute Gasteiger partial charge is 0.204 e. The van der Waals surface area contributed by atoms with E-state index in [0.717, 1.165) is 19.8 Å². The summed E-state index contributed by atoms with van der Waals surface area (Å²) in [7, 11) is 3.30. The molecular formula is C28H26ClF6NO4. The summed E-state index contributed by atoms with van der Waals surface area (Å²) in [5, 5.41) is 12.4. The van der Waals surface area contributed by atoms with Crippen molar-refractivity contribution in [3.63, 3.8) is 0 Å².